The van der Waals surface area contributed by atoms with Crippen LogP contribution >= 0.6 is 0 Å². The molecule has 0 saturated carbocycles. The first-order chi connectivity index (χ1) is 8.75. The van der Waals surface area contributed by atoms with Crippen LogP contribution in [-0.2, 0) is 11.2 Å². The summed E-state index contributed by atoms with van der Waals surface area (Å²) in [7, 11) is 0. The van der Waals surface area contributed by atoms with Crippen LogP contribution in [0.5, 0.6) is 0 Å². The Balaban J connectivity index is 1.65. The number of hydrogen-bond donors (Lipinski definition) is 2. The zero-order valence-electron chi connectivity index (χ0n) is 10.8. The number of fused-ring (bicyclic) bond motifs is 1. The van der Waals surface area contributed by atoms with Gasteiger partial charge in [-0.05, 0) is 43.0 Å². The van der Waals surface area contributed by atoms with Crippen LogP contribution in [0.3, 0.4) is 0 Å². The third-order valence-corrected chi connectivity index (χ3v) is 4.38. The van der Waals surface area contributed by atoms with E-state index in [9.17, 15) is 4.79 Å². The fraction of sp³-hybridized carbons (Fsp3) is 0.533. The second-order valence-corrected chi connectivity index (χ2v) is 5.51. The Morgan fingerprint density at radius 2 is 2.17 bits per heavy atom. The Morgan fingerprint density at radius 1 is 1.39 bits per heavy atom. The van der Waals surface area contributed by atoms with Crippen LogP contribution in [-0.4, -0.2) is 19.0 Å². The summed E-state index contributed by atoms with van der Waals surface area (Å²) in [6.45, 7) is 4.01. The van der Waals surface area contributed by atoms with Gasteiger partial charge in [-0.25, -0.2) is 0 Å². The maximum Gasteiger partial charge on any atom is 0.223 e. The first kappa shape index (κ1) is 11.7. The number of carbonyl (C=O) groups is 1. The van der Waals surface area contributed by atoms with Crippen LogP contribution < -0.4 is 10.6 Å². The first-order valence-electron chi connectivity index (χ1n) is 6.84. The molecule has 2 N–H and O–H groups in total. The van der Waals surface area contributed by atoms with E-state index in [1.807, 2.05) is 6.92 Å². The van der Waals surface area contributed by atoms with Crippen LogP contribution in [0.15, 0.2) is 24.3 Å². The van der Waals surface area contributed by atoms with Crippen molar-refractivity contribution in [2.24, 2.45) is 11.8 Å². The lowest BCUT2D eigenvalue weighted by atomic mass is 9.88. The smallest absolute Gasteiger partial charge is 0.223 e. The number of benzene rings is 1. The molecule has 0 bridgehead atoms. The third-order valence-electron chi connectivity index (χ3n) is 4.38. The Kier molecular flexibility index (Phi) is 3.08. The Labute approximate surface area is 108 Å². The Bertz CT molecular complexity index is 454. The zero-order chi connectivity index (χ0) is 12.5. The molecule has 96 valence electrons. The van der Waals surface area contributed by atoms with Gasteiger partial charge in [0.25, 0.3) is 0 Å². The van der Waals surface area contributed by atoms with Gasteiger partial charge in [0, 0.05) is 5.92 Å². The largest absolute Gasteiger partial charge is 0.349 e. The van der Waals surface area contributed by atoms with Crippen molar-refractivity contribution in [1.29, 1.82) is 0 Å². The van der Waals surface area contributed by atoms with Crippen LogP contribution in [0.1, 0.15) is 30.5 Å². The summed E-state index contributed by atoms with van der Waals surface area (Å²) in [5.41, 5.74) is 2.70. The SMILES string of the molecule is CC(C(=O)NC1CCc2ccccc21)C1CNC1. The standard InChI is InChI=1S/C15H20N2O/c1-10(12-8-16-9-12)15(18)17-14-7-6-11-4-2-3-5-13(11)14/h2-5,10,12,14,16H,6-9H2,1H3,(H,17,18). The number of hydrogen-bond acceptors (Lipinski definition) is 2. The van der Waals surface area contributed by atoms with Gasteiger partial charge in [-0.1, -0.05) is 31.2 Å². The van der Waals surface area contributed by atoms with Gasteiger partial charge in [0.15, 0.2) is 0 Å². The molecule has 2 atom stereocenters. The molecular formula is C15H20N2O. The van der Waals surface area contributed by atoms with Gasteiger partial charge in [-0.3, -0.25) is 4.79 Å². The molecule has 1 saturated heterocycles. The molecule has 0 spiro atoms. The van der Waals surface area contributed by atoms with E-state index >= 15 is 0 Å². The van der Waals surface area contributed by atoms with Crippen LogP contribution in [0.2, 0.25) is 0 Å². The highest BCUT2D eigenvalue weighted by atomic mass is 16.1. The van der Waals surface area contributed by atoms with Crippen LogP contribution in [0.4, 0.5) is 0 Å². The van der Waals surface area contributed by atoms with Crippen LogP contribution in [0, 0.1) is 11.8 Å². The number of carbonyl (C=O) groups excluding carboxylic acids is 1. The minimum atomic E-state index is 0.124. The summed E-state index contributed by atoms with van der Waals surface area (Å²) in [6.07, 6.45) is 2.13. The van der Waals surface area contributed by atoms with E-state index in [1.165, 1.54) is 11.1 Å². The van der Waals surface area contributed by atoms with E-state index in [0.29, 0.717) is 5.92 Å². The van der Waals surface area contributed by atoms with E-state index in [-0.39, 0.29) is 17.9 Å². The molecule has 1 aromatic carbocycles. The topological polar surface area (TPSA) is 41.1 Å². The second-order valence-electron chi connectivity index (χ2n) is 5.51. The average Bonchev–Trinajstić information content (AvgIpc) is 2.70. The van der Waals surface area contributed by atoms with Crippen molar-refractivity contribution in [3.05, 3.63) is 35.4 Å². The number of nitrogens with one attached hydrogen (secondary N) is 2. The highest BCUT2D eigenvalue weighted by Gasteiger charge is 2.31. The van der Waals surface area contributed by atoms with Crippen molar-refractivity contribution in [3.8, 4) is 0 Å². The molecule has 0 aromatic heterocycles. The van der Waals surface area contributed by atoms with Crippen molar-refractivity contribution in [1.82, 2.24) is 10.6 Å². The lowest BCUT2D eigenvalue weighted by Crippen LogP contribution is -2.49. The van der Waals surface area contributed by atoms with Gasteiger partial charge in [-0.2, -0.15) is 0 Å². The second kappa shape index (κ2) is 4.73. The first-order valence-corrected chi connectivity index (χ1v) is 6.84. The normalized spacial score (nSPS) is 24.2. The summed E-state index contributed by atoms with van der Waals surface area (Å²) >= 11 is 0. The fourth-order valence-corrected chi connectivity index (χ4v) is 2.89. The Hall–Kier alpha value is -1.35. The van der Waals surface area contributed by atoms with Crippen molar-refractivity contribution in [2.75, 3.05) is 13.1 Å². The molecule has 1 aliphatic carbocycles. The van der Waals surface area contributed by atoms with E-state index in [0.717, 1.165) is 25.9 Å². The van der Waals surface area contributed by atoms with E-state index in [1.54, 1.807) is 0 Å². The molecule has 2 unspecified atom stereocenters. The average molecular weight is 244 g/mol. The predicted octanol–water partition coefficient (Wildman–Crippen LogP) is 1.65. The van der Waals surface area contributed by atoms with Gasteiger partial charge >= 0.3 is 0 Å². The summed E-state index contributed by atoms with van der Waals surface area (Å²) in [5, 5.41) is 6.44. The molecule has 3 nitrogen and oxygen atoms in total. The molecule has 18 heavy (non-hydrogen) atoms. The molecule has 1 amide bonds. The van der Waals surface area contributed by atoms with E-state index in [4.69, 9.17) is 0 Å². The number of aryl methyl sites for hydroxylation is 1. The van der Waals surface area contributed by atoms with Gasteiger partial charge in [0.1, 0.15) is 0 Å². The van der Waals surface area contributed by atoms with Gasteiger partial charge in [0.2, 0.25) is 5.91 Å². The summed E-state index contributed by atoms with van der Waals surface area (Å²) < 4.78 is 0. The van der Waals surface area contributed by atoms with Crippen LogP contribution in [0.25, 0.3) is 0 Å². The predicted molar refractivity (Wildman–Crippen MR) is 71.2 cm³/mol. The minimum absolute atomic E-state index is 0.124. The molecule has 0 radical (unpaired) electrons. The third kappa shape index (κ3) is 2.03. The molecule has 3 rings (SSSR count). The quantitative estimate of drug-likeness (QED) is 0.849. The highest BCUT2D eigenvalue weighted by molar-refractivity contribution is 5.79. The number of rotatable bonds is 3. The lowest BCUT2D eigenvalue weighted by molar-refractivity contribution is -0.127. The lowest BCUT2D eigenvalue weighted by Gasteiger charge is -2.32. The summed E-state index contributed by atoms with van der Waals surface area (Å²) in [6, 6.07) is 8.67. The summed E-state index contributed by atoms with van der Waals surface area (Å²) in [5.74, 6) is 0.851. The van der Waals surface area contributed by atoms with E-state index < -0.39 is 0 Å². The van der Waals surface area contributed by atoms with Crippen molar-refractivity contribution >= 4 is 5.91 Å². The van der Waals surface area contributed by atoms with Crippen molar-refractivity contribution < 1.29 is 4.79 Å². The van der Waals surface area contributed by atoms with Gasteiger partial charge < -0.3 is 10.6 Å². The van der Waals surface area contributed by atoms with Gasteiger partial charge in [0.05, 0.1) is 6.04 Å². The molecule has 1 fully saturated rings. The molecule has 1 aliphatic heterocycles. The zero-order valence-corrected chi connectivity index (χ0v) is 10.8. The van der Waals surface area contributed by atoms with Crippen molar-refractivity contribution in [3.63, 3.8) is 0 Å². The molecule has 1 heterocycles. The fourth-order valence-electron chi connectivity index (χ4n) is 2.89. The monoisotopic (exact) mass is 244 g/mol. The molecule has 2 aliphatic rings. The minimum Gasteiger partial charge on any atom is -0.349 e. The molecular weight excluding hydrogens is 224 g/mol. The van der Waals surface area contributed by atoms with Gasteiger partial charge in [-0.15, -0.1) is 0 Å². The molecule has 3 heteroatoms. The number of amides is 1. The molecule has 1 aromatic rings. The van der Waals surface area contributed by atoms with E-state index in [2.05, 4.69) is 34.9 Å². The summed E-state index contributed by atoms with van der Waals surface area (Å²) in [4.78, 5) is 12.2. The Morgan fingerprint density at radius 3 is 2.89 bits per heavy atom. The maximum absolute atomic E-state index is 12.2. The van der Waals surface area contributed by atoms with Crippen molar-refractivity contribution in [2.45, 2.75) is 25.8 Å². The highest BCUT2D eigenvalue weighted by Crippen LogP contribution is 2.31. The maximum atomic E-state index is 12.2.